The summed E-state index contributed by atoms with van der Waals surface area (Å²) >= 11 is 6.37. The number of aromatic nitrogens is 6. The van der Waals surface area contributed by atoms with Crippen LogP contribution in [0, 0.1) is 5.92 Å². The van der Waals surface area contributed by atoms with E-state index in [1.165, 1.54) is 24.7 Å². The van der Waals surface area contributed by atoms with Gasteiger partial charge in [-0.15, -0.1) is 0 Å². The highest BCUT2D eigenvalue weighted by Gasteiger charge is 2.38. The summed E-state index contributed by atoms with van der Waals surface area (Å²) in [6.07, 6.45) is 7.65. The summed E-state index contributed by atoms with van der Waals surface area (Å²) in [5.41, 5.74) is 2.18. The van der Waals surface area contributed by atoms with Crippen LogP contribution in [0.4, 0.5) is 19.0 Å². The van der Waals surface area contributed by atoms with Crippen LogP contribution < -0.4 is 4.90 Å². The third-order valence-electron chi connectivity index (χ3n) is 5.58. The average Bonchev–Trinajstić information content (AvgIpc) is 3.27. The van der Waals surface area contributed by atoms with Gasteiger partial charge in [0.2, 0.25) is 0 Å². The number of hydrogen-bond donors (Lipinski definition) is 0. The van der Waals surface area contributed by atoms with Crippen molar-refractivity contribution in [3.8, 4) is 11.3 Å². The predicted octanol–water partition coefficient (Wildman–Crippen LogP) is 4.37. The Bertz CT molecular complexity index is 1180. The van der Waals surface area contributed by atoms with E-state index in [2.05, 4.69) is 20.1 Å². The molecule has 32 heavy (non-hydrogen) atoms. The molecule has 5 rings (SSSR count). The van der Waals surface area contributed by atoms with E-state index in [0.717, 1.165) is 0 Å². The molecule has 2 aliphatic rings. The van der Waals surface area contributed by atoms with Crippen LogP contribution in [0.1, 0.15) is 18.2 Å². The van der Waals surface area contributed by atoms with Gasteiger partial charge in [0.15, 0.2) is 0 Å². The van der Waals surface area contributed by atoms with Crippen molar-refractivity contribution in [2.75, 3.05) is 18.0 Å². The molecular weight excluding hydrogens is 443 g/mol. The maximum atomic E-state index is 13.0. The molecule has 0 saturated carbocycles. The van der Waals surface area contributed by atoms with Crippen LogP contribution in [0.15, 0.2) is 55.5 Å². The SMILES string of the molecule is FC(F)(F)C1C=CC(c2ncc(N3CC(n4cncn4)C3)nc2-c2ccncc2Cl)=CC1. The molecule has 1 aliphatic carbocycles. The van der Waals surface area contributed by atoms with Gasteiger partial charge in [-0.25, -0.2) is 14.6 Å². The Hall–Kier alpha value is -3.27. The minimum atomic E-state index is -4.27. The van der Waals surface area contributed by atoms with Crippen LogP contribution in [0.2, 0.25) is 5.02 Å². The first-order valence-electron chi connectivity index (χ1n) is 9.91. The number of pyridine rings is 1. The lowest BCUT2D eigenvalue weighted by atomic mass is 9.93. The van der Waals surface area contributed by atoms with Crippen LogP contribution >= 0.6 is 11.6 Å². The second-order valence-electron chi connectivity index (χ2n) is 7.62. The van der Waals surface area contributed by atoms with E-state index < -0.39 is 12.1 Å². The number of rotatable bonds is 4. The van der Waals surface area contributed by atoms with Gasteiger partial charge in [-0.2, -0.15) is 18.3 Å². The van der Waals surface area contributed by atoms with Gasteiger partial charge in [0.1, 0.15) is 24.2 Å². The summed E-state index contributed by atoms with van der Waals surface area (Å²) in [7, 11) is 0. The molecule has 1 aliphatic heterocycles. The summed E-state index contributed by atoms with van der Waals surface area (Å²) in [5, 5.41) is 4.55. The smallest absolute Gasteiger partial charge is 0.351 e. The Kier molecular flexibility index (Phi) is 5.16. The monoisotopic (exact) mass is 459 g/mol. The summed E-state index contributed by atoms with van der Waals surface area (Å²) in [6.45, 7) is 1.38. The van der Waals surface area contributed by atoms with E-state index in [9.17, 15) is 13.2 Å². The van der Waals surface area contributed by atoms with Crippen LogP contribution in [0.5, 0.6) is 0 Å². The van der Waals surface area contributed by atoms with Gasteiger partial charge in [0.25, 0.3) is 0 Å². The van der Waals surface area contributed by atoms with E-state index in [1.54, 1.807) is 35.5 Å². The minimum Gasteiger partial charge on any atom is -0.351 e. The fourth-order valence-electron chi connectivity index (χ4n) is 3.75. The zero-order valence-corrected chi connectivity index (χ0v) is 17.4. The number of halogens is 4. The second kappa shape index (κ2) is 8.01. The van der Waals surface area contributed by atoms with Gasteiger partial charge in [0, 0.05) is 31.0 Å². The predicted molar refractivity (Wildman–Crippen MR) is 113 cm³/mol. The number of hydrogen-bond acceptors (Lipinski definition) is 6. The van der Waals surface area contributed by atoms with E-state index >= 15 is 0 Å². The summed E-state index contributed by atoms with van der Waals surface area (Å²) < 4.78 is 40.9. The molecule has 0 aromatic carbocycles. The molecule has 0 radical (unpaired) electrons. The van der Waals surface area contributed by atoms with Crippen LogP contribution in [-0.2, 0) is 0 Å². The number of alkyl halides is 3. The molecular formula is C21H17ClF3N7. The Labute approximate surface area is 186 Å². The first kappa shape index (κ1) is 20.6. The fraction of sp³-hybridized carbons (Fsp3) is 0.286. The Balaban J connectivity index is 1.47. The third-order valence-corrected chi connectivity index (χ3v) is 5.88. The van der Waals surface area contributed by atoms with Crippen molar-refractivity contribution >= 4 is 23.0 Å². The molecule has 0 amide bonds. The van der Waals surface area contributed by atoms with Crippen molar-refractivity contribution in [1.82, 2.24) is 29.7 Å². The summed E-state index contributed by atoms with van der Waals surface area (Å²) in [5.74, 6) is -0.845. The van der Waals surface area contributed by atoms with Crippen molar-refractivity contribution in [2.24, 2.45) is 5.92 Å². The lowest BCUT2D eigenvalue weighted by molar-refractivity contribution is -0.160. The molecule has 0 N–H and O–H groups in total. The molecule has 4 heterocycles. The van der Waals surface area contributed by atoms with Crippen LogP contribution in [0.25, 0.3) is 16.8 Å². The van der Waals surface area contributed by atoms with E-state index in [1.807, 2.05) is 4.90 Å². The molecule has 1 unspecified atom stereocenters. The maximum absolute atomic E-state index is 13.0. The second-order valence-corrected chi connectivity index (χ2v) is 8.02. The van der Waals surface area contributed by atoms with Crippen molar-refractivity contribution in [3.05, 3.63) is 66.3 Å². The lowest BCUT2D eigenvalue weighted by Gasteiger charge is -2.39. The van der Waals surface area contributed by atoms with Crippen molar-refractivity contribution in [2.45, 2.75) is 18.6 Å². The summed E-state index contributed by atoms with van der Waals surface area (Å²) in [4.78, 5) is 19.4. The molecule has 0 spiro atoms. The van der Waals surface area contributed by atoms with Gasteiger partial charge < -0.3 is 4.90 Å². The van der Waals surface area contributed by atoms with Crippen molar-refractivity contribution < 1.29 is 13.2 Å². The van der Waals surface area contributed by atoms with E-state index in [-0.39, 0.29) is 12.5 Å². The minimum absolute atomic E-state index is 0.145. The Morgan fingerprint density at radius 2 is 1.94 bits per heavy atom. The standard InChI is InChI=1S/C21H17ClF3N7/c22-17-7-26-6-5-16(17)20-19(13-1-3-14(4-2-13)21(23,24)25)28-8-18(30-20)31-9-15(10-31)32-12-27-11-29-32/h1-3,5-8,11-12,14-15H,4,9-10H2. The Morgan fingerprint density at radius 1 is 1.09 bits per heavy atom. The maximum Gasteiger partial charge on any atom is 0.395 e. The first-order chi connectivity index (χ1) is 15.4. The molecule has 3 aromatic rings. The van der Waals surface area contributed by atoms with E-state index in [4.69, 9.17) is 16.6 Å². The van der Waals surface area contributed by atoms with Gasteiger partial charge >= 0.3 is 6.18 Å². The number of allylic oxidation sites excluding steroid dienone is 4. The summed E-state index contributed by atoms with van der Waals surface area (Å²) in [6, 6.07) is 1.91. The largest absolute Gasteiger partial charge is 0.395 e. The molecule has 1 atom stereocenters. The molecule has 1 saturated heterocycles. The Morgan fingerprint density at radius 3 is 2.59 bits per heavy atom. The molecule has 3 aromatic heterocycles. The van der Waals surface area contributed by atoms with Gasteiger partial charge in [-0.05, 0) is 18.1 Å². The number of anilines is 1. The van der Waals surface area contributed by atoms with Gasteiger partial charge in [-0.1, -0.05) is 29.8 Å². The van der Waals surface area contributed by atoms with Gasteiger partial charge in [-0.3, -0.25) is 9.97 Å². The van der Waals surface area contributed by atoms with Crippen molar-refractivity contribution in [1.29, 1.82) is 0 Å². The van der Waals surface area contributed by atoms with E-state index in [0.29, 0.717) is 46.5 Å². The highest BCUT2D eigenvalue weighted by Crippen LogP contribution is 2.38. The molecule has 164 valence electrons. The highest BCUT2D eigenvalue weighted by atomic mass is 35.5. The first-order valence-corrected chi connectivity index (χ1v) is 10.3. The fourth-order valence-corrected chi connectivity index (χ4v) is 3.96. The molecule has 7 nitrogen and oxygen atoms in total. The molecule has 11 heteroatoms. The lowest BCUT2D eigenvalue weighted by Crippen LogP contribution is -2.48. The van der Waals surface area contributed by atoms with Crippen molar-refractivity contribution in [3.63, 3.8) is 0 Å². The average molecular weight is 460 g/mol. The normalized spacial score (nSPS) is 19.1. The zero-order chi connectivity index (χ0) is 22.3. The number of nitrogens with zero attached hydrogens (tertiary/aromatic N) is 7. The van der Waals surface area contributed by atoms with Crippen LogP contribution in [0.3, 0.4) is 0 Å². The highest BCUT2D eigenvalue weighted by molar-refractivity contribution is 6.33. The zero-order valence-electron chi connectivity index (χ0n) is 16.6. The molecule has 1 fully saturated rings. The van der Waals surface area contributed by atoms with Crippen LogP contribution in [-0.4, -0.2) is 49.0 Å². The molecule has 0 bridgehead atoms. The quantitative estimate of drug-likeness (QED) is 0.577. The third kappa shape index (κ3) is 3.86. The topological polar surface area (TPSA) is 72.6 Å². The van der Waals surface area contributed by atoms with Gasteiger partial charge in [0.05, 0.1) is 28.9 Å².